The Morgan fingerprint density at radius 3 is 1.80 bits per heavy atom. The molecule has 0 aliphatic rings. The van der Waals surface area contributed by atoms with Gasteiger partial charge in [-0.2, -0.15) is 0 Å². The molecule has 0 aliphatic carbocycles. The smallest absolute Gasteiger partial charge is 0.164 e. The number of para-hydroxylation sites is 1. The Morgan fingerprint density at radius 2 is 1.00 bits per heavy atom. The van der Waals surface area contributed by atoms with Crippen molar-refractivity contribution in [1.82, 2.24) is 24.5 Å². The van der Waals surface area contributed by atoms with Crippen molar-refractivity contribution >= 4 is 53.4 Å². The van der Waals surface area contributed by atoms with E-state index in [9.17, 15) is 0 Å². The Labute approximate surface area is 291 Å². The van der Waals surface area contributed by atoms with E-state index < -0.39 is 0 Å². The largest absolute Gasteiger partial charge is 0.294 e. The number of hydrogen-bond acceptors (Lipinski definition) is 5. The minimum Gasteiger partial charge on any atom is -0.294 e. The first-order valence-corrected chi connectivity index (χ1v) is 17.4. The lowest BCUT2D eigenvalue weighted by Crippen LogP contribution is -2.00. The number of benzene rings is 6. The van der Waals surface area contributed by atoms with Gasteiger partial charge in [0.1, 0.15) is 5.65 Å². The van der Waals surface area contributed by atoms with E-state index in [1.165, 1.54) is 25.6 Å². The molecule has 0 unspecified atom stereocenters. The van der Waals surface area contributed by atoms with Gasteiger partial charge >= 0.3 is 0 Å². The highest BCUT2D eigenvalue weighted by Gasteiger charge is 2.17. The molecule has 10 rings (SSSR count). The van der Waals surface area contributed by atoms with E-state index in [2.05, 4.69) is 120 Å². The number of aromatic nitrogens is 5. The summed E-state index contributed by atoms with van der Waals surface area (Å²) in [7, 11) is 0. The fourth-order valence-electron chi connectivity index (χ4n) is 6.92. The Bertz CT molecular complexity index is 2820. The molecule has 50 heavy (non-hydrogen) atoms. The summed E-state index contributed by atoms with van der Waals surface area (Å²) in [6.07, 6.45) is 1.87. The first kappa shape index (κ1) is 28.5. The lowest BCUT2D eigenvalue weighted by molar-refractivity contribution is 1.07. The second-order valence-electron chi connectivity index (χ2n) is 12.3. The second kappa shape index (κ2) is 11.6. The van der Waals surface area contributed by atoms with Crippen LogP contribution in [0.4, 0.5) is 0 Å². The van der Waals surface area contributed by atoms with Crippen LogP contribution < -0.4 is 0 Å². The summed E-state index contributed by atoms with van der Waals surface area (Å²) in [6.45, 7) is 0. The summed E-state index contributed by atoms with van der Waals surface area (Å²) in [5, 5.41) is 4.81. The summed E-state index contributed by atoms with van der Waals surface area (Å²) >= 11 is 1.79. The lowest BCUT2D eigenvalue weighted by atomic mass is 10.0. The minimum atomic E-state index is 0.646. The molecular weight excluding hydrogens is 631 g/mol. The third-order valence-corrected chi connectivity index (χ3v) is 10.4. The third kappa shape index (κ3) is 4.77. The van der Waals surface area contributed by atoms with Crippen LogP contribution in [0.3, 0.4) is 0 Å². The number of thiophene rings is 1. The van der Waals surface area contributed by atoms with E-state index in [1.807, 2.05) is 48.7 Å². The molecule has 4 aromatic heterocycles. The zero-order valence-corrected chi connectivity index (χ0v) is 27.5. The number of rotatable bonds is 5. The lowest BCUT2D eigenvalue weighted by Gasteiger charge is -2.10. The molecule has 0 atom stereocenters. The van der Waals surface area contributed by atoms with E-state index in [0.717, 1.165) is 50.1 Å². The van der Waals surface area contributed by atoms with E-state index in [0.29, 0.717) is 17.5 Å². The molecule has 0 radical (unpaired) electrons. The monoisotopic (exact) mass is 657 g/mol. The molecule has 10 aromatic rings. The van der Waals surface area contributed by atoms with Gasteiger partial charge in [0.25, 0.3) is 0 Å². The molecule has 6 heteroatoms. The minimum absolute atomic E-state index is 0.646. The van der Waals surface area contributed by atoms with Gasteiger partial charge in [-0.1, -0.05) is 115 Å². The molecule has 0 aliphatic heterocycles. The molecule has 0 N–H and O–H groups in total. The van der Waals surface area contributed by atoms with Crippen molar-refractivity contribution in [2.45, 2.75) is 0 Å². The van der Waals surface area contributed by atoms with Crippen LogP contribution in [0, 0.1) is 0 Å². The maximum absolute atomic E-state index is 5.07. The third-order valence-electron chi connectivity index (χ3n) is 9.30. The van der Waals surface area contributed by atoms with Crippen molar-refractivity contribution in [3.63, 3.8) is 0 Å². The predicted octanol–water partition coefficient (Wildman–Crippen LogP) is 11.4. The zero-order chi connectivity index (χ0) is 33.0. The van der Waals surface area contributed by atoms with Crippen LogP contribution in [0.15, 0.2) is 164 Å². The van der Waals surface area contributed by atoms with Crippen molar-refractivity contribution in [2.24, 2.45) is 0 Å². The number of hydrogen-bond donors (Lipinski definition) is 0. The molecule has 234 valence electrons. The maximum Gasteiger partial charge on any atom is 0.164 e. The Kier molecular flexibility index (Phi) is 6.60. The fourth-order valence-corrected chi connectivity index (χ4v) is 8.10. The Balaban J connectivity index is 1.10. The SMILES string of the molecule is c1ccc(-c2cccc(-c3nc(-c4ccccc4)nc(-c4ccc5c(c4)sc4cc(-n6c7ccccc7c7cccnc76)ccc45)n3)c2)cc1. The average Bonchev–Trinajstić information content (AvgIpc) is 3.73. The van der Waals surface area contributed by atoms with Crippen molar-refractivity contribution in [3.05, 3.63) is 164 Å². The van der Waals surface area contributed by atoms with Gasteiger partial charge < -0.3 is 0 Å². The molecule has 0 saturated heterocycles. The second-order valence-corrected chi connectivity index (χ2v) is 13.4. The van der Waals surface area contributed by atoms with Crippen molar-refractivity contribution in [3.8, 4) is 51.0 Å². The van der Waals surface area contributed by atoms with Crippen LogP contribution in [-0.2, 0) is 0 Å². The van der Waals surface area contributed by atoms with E-state index in [1.54, 1.807) is 11.3 Å². The van der Waals surface area contributed by atoms with Gasteiger partial charge in [-0.15, -0.1) is 11.3 Å². The highest BCUT2D eigenvalue weighted by atomic mass is 32.1. The molecular formula is C44H27N5S. The van der Waals surface area contributed by atoms with Crippen LogP contribution in [0.25, 0.3) is 93.1 Å². The highest BCUT2D eigenvalue weighted by molar-refractivity contribution is 7.25. The molecule has 0 fully saturated rings. The molecule has 0 saturated carbocycles. The summed E-state index contributed by atoms with van der Waals surface area (Å²) in [5.41, 5.74) is 8.34. The van der Waals surface area contributed by atoms with Crippen LogP contribution in [0.5, 0.6) is 0 Å². The van der Waals surface area contributed by atoms with Gasteiger partial charge in [-0.25, -0.2) is 19.9 Å². The van der Waals surface area contributed by atoms with Crippen LogP contribution >= 0.6 is 11.3 Å². The summed E-state index contributed by atoms with van der Waals surface area (Å²) in [5.74, 6) is 1.94. The quantitative estimate of drug-likeness (QED) is 0.185. The van der Waals surface area contributed by atoms with E-state index in [4.69, 9.17) is 19.9 Å². The van der Waals surface area contributed by atoms with Gasteiger partial charge in [0.15, 0.2) is 17.5 Å². The average molecular weight is 658 g/mol. The summed E-state index contributed by atoms with van der Waals surface area (Å²) in [6, 6.07) is 54.9. The van der Waals surface area contributed by atoms with E-state index in [-0.39, 0.29) is 0 Å². The molecule has 6 aromatic carbocycles. The zero-order valence-electron chi connectivity index (χ0n) is 26.7. The molecule has 0 bridgehead atoms. The van der Waals surface area contributed by atoms with Crippen molar-refractivity contribution < 1.29 is 0 Å². The number of nitrogens with zero attached hydrogens (tertiary/aromatic N) is 5. The first-order valence-electron chi connectivity index (χ1n) is 16.6. The van der Waals surface area contributed by atoms with Crippen molar-refractivity contribution in [1.29, 1.82) is 0 Å². The summed E-state index contributed by atoms with van der Waals surface area (Å²) in [4.78, 5) is 19.9. The van der Waals surface area contributed by atoms with Crippen LogP contribution in [0.1, 0.15) is 0 Å². The Hall–Kier alpha value is -6.50. The first-order chi connectivity index (χ1) is 24.8. The number of fused-ring (bicyclic) bond motifs is 6. The van der Waals surface area contributed by atoms with Crippen molar-refractivity contribution in [2.75, 3.05) is 0 Å². The summed E-state index contributed by atoms with van der Waals surface area (Å²) < 4.78 is 4.67. The van der Waals surface area contributed by atoms with Crippen LogP contribution in [0.2, 0.25) is 0 Å². The molecule has 4 heterocycles. The topological polar surface area (TPSA) is 56.5 Å². The van der Waals surface area contributed by atoms with Crippen LogP contribution in [-0.4, -0.2) is 24.5 Å². The number of pyridine rings is 1. The van der Waals surface area contributed by atoms with Gasteiger partial charge in [-0.05, 0) is 53.6 Å². The molecule has 5 nitrogen and oxygen atoms in total. The maximum atomic E-state index is 5.07. The van der Waals surface area contributed by atoms with Gasteiger partial charge in [0.2, 0.25) is 0 Å². The predicted molar refractivity (Wildman–Crippen MR) is 207 cm³/mol. The van der Waals surface area contributed by atoms with Gasteiger partial charge in [0, 0.05) is 59.5 Å². The Morgan fingerprint density at radius 1 is 0.400 bits per heavy atom. The highest BCUT2D eigenvalue weighted by Crippen LogP contribution is 2.39. The standard InChI is InChI=1S/C44H27N5S/c1-3-11-28(12-4-1)30-15-9-16-31(25-30)42-46-41(29-13-5-2-6-14-29)47-43(48-42)32-20-22-35-36-23-21-33(27-40(36)50-39(35)26-32)49-38-19-8-7-17-34(38)37-18-10-24-45-44(37)49/h1-27H. The van der Waals surface area contributed by atoms with Gasteiger partial charge in [0.05, 0.1) is 5.52 Å². The molecule has 0 spiro atoms. The van der Waals surface area contributed by atoms with Gasteiger partial charge in [-0.3, -0.25) is 4.57 Å². The normalized spacial score (nSPS) is 11.6. The fraction of sp³-hybridized carbons (Fsp3) is 0. The van der Waals surface area contributed by atoms with E-state index >= 15 is 0 Å². The molecule has 0 amide bonds.